The predicted octanol–water partition coefficient (Wildman–Crippen LogP) is -0.205. The summed E-state index contributed by atoms with van der Waals surface area (Å²) in [6.45, 7) is 3.21. The summed E-state index contributed by atoms with van der Waals surface area (Å²) in [4.78, 5) is 29.5. The summed E-state index contributed by atoms with van der Waals surface area (Å²) in [5.74, 6) is -0.298. The van der Waals surface area contributed by atoms with Gasteiger partial charge in [-0.3, -0.25) is 4.79 Å². The minimum Gasteiger partial charge on any atom is -0.449 e. The molecule has 0 aliphatic carbocycles. The van der Waals surface area contributed by atoms with Gasteiger partial charge in [0.15, 0.2) is 9.84 Å². The Hall–Kier alpha value is -1.35. The fraction of sp³-hybridized carbons (Fsp3) is 0.867. The third kappa shape index (κ3) is 4.38. The van der Waals surface area contributed by atoms with Gasteiger partial charge in [0.2, 0.25) is 5.91 Å². The first kappa shape index (κ1) is 19.0. The van der Waals surface area contributed by atoms with Crippen molar-refractivity contribution in [3.05, 3.63) is 0 Å². The molecular weight excluding hydrogens is 334 g/mol. The molecule has 0 bridgehead atoms. The SMILES string of the molecule is CCCCOC(=O)N1CCN(C(=O)CN(C)C)[C@@H]2CS(=O)(=O)C[C@@H]21. The van der Waals surface area contributed by atoms with E-state index in [1.54, 1.807) is 23.9 Å². The van der Waals surface area contributed by atoms with E-state index in [9.17, 15) is 18.0 Å². The molecule has 2 aliphatic heterocycles. The topological polar surface area (TPSA) is 87.2 Å². The summed E-state index contributed by atoms with van der Waals surface area (Å²) in [5, 5.41) is 0. The largest absolute Gasteiger partial charge is 0.449 e. The second kappa shape index (κ2) is 7.69. The lowest BCUT2D eigenvalue weighted by molar-refractivity contribution is -0.137. The van der Waals surface area contributed by atoms with Crippen LogP contribution < -0.4 is 0 Å². The first-order valence-corrected chi connectivity index (χ1v) is 10.2. The van der Waals surface area contributed by atoms with E-state index in [1.165, 1.54) is 4.90 Å². The Morgan fingerprint density at radius 3 is 2.29 bits per heavy atom. The molecule has 2 amide bonds. The van der Waals surface area contributed by atoms with E-state index >= 15 is 0 Å². The molecule has 2 aliphatic rings. The van der Waals surface area contributed by atoms with Crippen molar-refractivity contribution in [2.45, 2.75) is 31.8 Å². The second-order valence-corrected chi connectivity index (χ2v) is 8.85. The highest BCUT2D eigenvalue weighted by atomic mass is 32.2. The summed E-state index contributed by atoms with van der Waals surface area (Å²) < 4.78 is 29.4. The van der Waals surface area contributed by atoms with Gasteiger partial charge in [-0.1, -0.05) is 13.3 Å². The van der Waals surface area contributed by atoms with Gasteiger partial charge in [0.05, 0.1) is 36.7 Å². The number of rotatable bonds is 5. The fourth-order valence-corrected chi connectivity index (χ4v) is 5.22. The standard InChI is InChI=1S/C15H27N3O5S/c1-4-5-8-23-15(20)18-7-6-17(14(19)9-16(2)3)12-10-24(21,22)11-13(12)18/h12-13H,4-11H2,1-3H3/t12-,13+/m1/s1. The van der Waals surface area contributed by atoms with Crippen LogP contribution in [0.25, 0.3) is 0 Å². The first-order chi connectivity index (χ1) is 11.2. The van der Waals surface area contributed by atoms with Crippen LogP contribution >= 0.6 is 0 Å². The third-order valence-electron chi connectivity index (χ3n) is 4.41. The molecule has 8 nitrogen and oxygen atoms in total. The van der Waals surface area contributed by atoms with Gasteiger partial charge in [0.1, 0.15) is 0 Å². The lowest BCUT2D eigenvalue weighted by Crippen LogP contribution is -2.62. The Morgan fingerprint density at radius 1 is 1.12 bits per heavy atom. The average Bonchev–Trinajstić information content (AvgIpc) is 2.80. The van der Waals surface area contributed by atoms with Crippen LogP contribution in [0.1, 0.15) is 19.8 Å². The molecule has 2 fully saturated rings. The van der Waals surface area contributed by atoms with E-state index in [0.29, 0.717) is 19.7 Å². The number of fused-ring (bicyclic) bond motifs is 1. The molecular formula is C15H27N3O5S. The number of nitrogens with zero attached hydrogens (tertiary/aromatic N) is 3. The summed E-state index contributed by atoms with van der Waals surface area (Å²) in [7, 11) is 0.315. The Balaban J connectivity index is 2.12. The van der Waals surface area contributed by atoms with E-state index < -0.39 is 28.0 Å². The lowest BCUT2D eigenvalue weighted by atomic mass is 10.1. The average molecular weight is 361 g/mol. The molecule has 0 spiro atoms. The van der Waals surface area contributed by atoms with Crippen LogP contribution in [0.5, 0.6) is 0 Å². The maximum Gasteiger partial charge on any atom is 0.410 e. The maximum atomic E-state index is 12.4. The lowest BCUT2D eigenvalue weighted by Gasteiger charge is -2.43. The number of unbranched alkanes of at least 4 members (excludes halogenated alkanes) is 1. The van der Waals surface area contributed by atoms with Gasteiger partial charge >= 0.3 is 6.09 Å². The minimum absolute atomic E-state index is 0.0877. The third-order valence-corrected chi connectivity index (χ3v) is 6.10. The van der Waals surface area contributed by atoms with Crippen molar-refractivity contribution >= 4 is 21.8 Å². The van der Waals surface area contributed by atoms with E-state index in [2.05, 4.69) is 0 Å². The molecule has 0 radical (unpaired) electrons. The smallest absolute Gasteiger partial charge is 0.410 e. The molecule has 2 atom stereocenters. The van der Waals surface area contributed by atoms with E-state index in [0.717, 1.165) is 12.8 Å². The van der Waals surface area contributed by atoms with Crippen molar-refractivity contribution in [3.8, 4) is 0 Å². The molecule has 24 heavy (non-hydrogen) atoms. The number of carbonyl (C=O) groups excluding carboxylic acids is 2. The number of likely N-dealkylation sites (N-methyl/N-ethyl adjacent to an activating group) is 1. The Labute approximate surface area is 143 Å². The zero-order chi connectivity index (χ0) is 17.9. The highest BCUT2D eigenvalue weighted by Gasteiger charge is 2.49. The van der Waals surface area contributed by atoms with Crippen LogP contribution in [0.4, 0.5) is 4.79 Å². The summed E-state index contributed by atoms with van der Waals surface area (Å²) in [5.41, 5.74) is 0. The molecule has 0 aromatic rings. The number of hydrogen-bond acceptors (Lipinski definition) is 6. The van der Waals surface area contributed by atoms with Crippen LogP contribution in [-0.4, -0.2) is 99.0 Å². The van der Waals surface area contributed by atoms with Crippen LogP contribution in [-0.2, 0) is 19.4 Å². The predicted molar refractivity (Wildman–Crippen MR) is 89.5 cm³/mol. The number of carbonyl (C=O) groups is 2. The number of amides is 2. The summed E-state index contributed by atoms with van der Waals surface area (Å²) in [6.07, 6.45) is 1.22. The Bertz CT molecular complexity index is 578. The van der Waals surface area contributed by atoms with Crippen LogP contribution in [0.3, 0.4) is 0 Å². The van der Waals surface area contributed by atoms with Crippen molar-refractivity contribution in [2.75, 3.05) is 51.8 Å². The summed E-state index contributed by atoms with van der Waals surface area (Å²) >= 11 is 0. The van der Waals surface area contributed by atoms with Crippen molar-refractivity contribution < 1.29 is 22.7 Å². The van der Waals surface area contributed by atoms with Gasteiger partial charge in [-0.2, -0.15) is 0 Å². The zero-order valence-corrected chi connectivity index (χ0v) is 15.4. The second-order valence-electron chi connectivity index (χ2n) is 6.70. The minimum atomic E-state index is -3.27. The van der Waals surface area contributed by atoms with Crippen molar-refractivity contribution in [1.82, 2.24) is 14.7 Å². The molecule has 138 valence electrons. The van der Waals surface area contributed by atoms with Crippen molar-refractivity contribution in [1.29, 1.82) is 0 Å². The number of sulfone groups is 1. The van der Waals surface area contributed by atoms with Gasteiger partial charge in [-0.05, 0) is 20.5 Å². The van der Waals surface area contributed by atoms with E-state index in [-0.39, 0.29) is 24.0 Å². The van der Waals surface area contributed by atoms with E-state index in [1.807, 2.05) is 6.92 Å². The normalized spacial score (nSPS) is 25.7. The van der Waals surface area contributed by atoms with Gasteiger partial charge in [-0.25, -0.2) is 13.2 Å². The molecule has 2 heterocycles. The van der Waals surface area contributed by atoms with E-state index in [4.69, 9.17) is 4.74 Å². The maximum absolute atomic E-state index is 12.4. The molecule has 2 rings (SSSR count). The number of piperazine rings is 1. The fourth-order valence-electron chi connectivity index (χ4n) is 3.24. The molecule has 0 aromatic heterocycles. The van der Waals surface area contributed by atoms with Gasteiger partial charge < -0.3 is 19.4 Å². The molecule has 2 saturated heterocycles. The Morgan fingerprint density at radius 2 is 1.71 bits per heavy atom. The van der Waals surface area contributed by atoms with Crippen LogP contribution in [0.2, 0.25) is 0 Å². The monoisotopic (exact) mass is 361 g/mol. The molecule has 9 heteroatoms. The zero-order valence-electron chi connectivity index (χ0n) is 14.6. The first-order valence-electron chi connectivity index (χ1n) is 8.33. The van der Waals surface area contributed by atoms with Gasteiger partial charge in [0, 0.05) is 13.1 Å². The summed E-state index contributed by atoms with van der Waals surface area (Å²) in [6, 6.07) is -0.987. The Kier molecular flexibility index (Phi) is 6.08. The number of ether oxygens (including phenoxy) is 1. The van der Waals surface area contributed by atoms with Gasteiger partial charge in [0.25, 0.3) is 0 Å². The molecule has 0 N–H and O–H groups in total. The molecule has 0 aromatic carbocycles. The van der Waals surface area contributed by atoms with Crippen molar-refractivity contribution in [2.24, 2.45) is 0 Å². The highest BCUT2D eigenvalue weighted by Crippen LogP contribution is 2.27. The van der Waals surface area contributed by atoms with Crippen LogP contribution in [0, 0.1) is 0 Å². The molecule has 0 unspecified atom stereocenters. The van der Waals surface area contributed by atoms with Crippen molar-refractivity contribution in [3.63, 3.8) is 0 Å². The quantitative estimate of drug-likeness (QED) is 0.630. The molecule has 0 saturated carbocycles. The number of hydrogen-bond donors (Lipinski definition) is 0. The highest BCUT2D eigenvalue weighted by molar-refractivity contribution is 7.91. The van der Waals surface area contributed by atoms with Crippen LogP contribution in [0.15, 0.2) is 0 Å². The van der Waals surface area contributed by atoms with Gasteiger partial charge in [-0.15, -0.1) is 0 Å².